The Bertz CT molecular complexity index is 1240. The Hall–Kier alpha value is -3.06. The summed E-state index contributed by atoms with van der Waals surface area (Å²) < 4.78 is 2.36. The SMILES string of the molecule is C/C=c1\c(=C/C)n(-c2ccccc2)c2ccc(-c3cc(C)ccc3C)cc12. The van der Waals surface area contributed by atoms with Crippen LogP contribution in [0, 0.1) is 13.8 Å². The standard InChI is InChI=1S/C26H25N/c1-5-22-24-17-20(23-16-18(3)12-13-19(23)4)14-15-26(24)27(25(22)6-2)21-10-8-7-9-11-21/h5-17H,1-4H3/b22-5-,25-6+. The van der Waals surface area contributed by atoms with Gasteiger partial charge in [0.25, 0.3) is 0 Å². The summed E-state index contributed by atoms with van der Waals surface area (Å²) in [6, 6.07) is 24.1. The van der Waals surface area contributed by atoms with Crippen LogP contribution in [0.5, 0.6) is 0 Å². The number of fused-ring (bicyclic) bond motifs is 1. The molecule has 0 bridgehead atoms. The Kier molecular flexibility index (Phi) is 4.45. The summed E-state index contributed by atoms with van der Waals surface area (Å²) in [5, 5.41) is 3.84. The Morgan fingerprint density at radius 1 is 0.778 bits per heavy atom. The molecule has 0 atom stereocenters. The molecule has 0 saturated heterocycles. The van der Waals surface area contributed by atoms with Gasteiger partial charge < -0.3 is 4.57 Å². The first-order valence-electron chi connectivity index (χ1n) is 9.54. The van der Waals surface area contributed by atoms with Crippen molar-refractivity contribution >= 4 is 23.1 Å². The summed E-state index contributed by atoms with van der Waals surface area (Å²) in [5.74, 6) is 0. The zero-order valence-electron chi connectivity index (χ0n) is 16.5. The lowest BCUT2D eigenvalue weighted by molar-refractivity contribution is 1.07. The predicted octanol–water partition coefficient (Wildman–Crippen LogP) is 5.52. The Balaban J connectivity index is 2.08. The van der Waals surface area contributed by atoms with Gasteiger partial charge in [0.05, 0.1) is 5.52 Å². The largest absolute Gasteiger partial charge is 0.310 e. The number of rotatable bonds is 2. The van der Waals surface area contributed by atoms with Gasteiger partial charge >= 0.3 is 0 Å². The third-order valence-electron chi connectivity index (χ3n) is 5.33. The molecule has 4 rings (SSSR count). The van der Waals surface area contributed by atoms with E-state index >= 15 is 0 Å². The van der Waals surface area contributed by atoms with Crippen molar-refractivity contribution in [1.82, 2.24) is 4.57 Å². The molecule has 27 heavy (non-hydrogen) atoms. The molecule has 1 nitrogen and oxygen atoms in total. The van der Waals surface area contributed by atoms with Crippen molar-refractivity contribution in [2.24, 2.45) is 0 Å². The molecular weight excluding hydrogens is 326 g/mol. The van der Waals surface area contributed by atoms with Gasteiger partial charge in [-0.1, -0.05) is 60.2 Å². The van der Waals surface area contributed by atoms with Crippen LogP contribution >= 0.6 is 0 Å². The summed E-state index contributed by atoms with van der Waals surface area (Å²) in [6.07, 6.45) is 4.43. The van der Waals surface area contributed by atoms with E-state index in [0.29, 0.717) is 0 Å². The fourth-order valence-corrected chi connectivity index (χ4v) is 3.99. The van der Waals surface area contributed by atoms with Crippen LogP contribution in [0.4, 0.5) is 0 Å². The van der Waals surface area contributed by atoms with Gasteiger partial charge in [-0.15, -0.1) is 0 Å². The summed E-state index contributed by atoms with van der Waals surface area (Å²) in [4.78, 5) is 0. The van der Waals surface area contributed by atoms with Crippen LogP contribution in [0.3, 0.4) is 0 Å². The second-order valence-electron chi connectivity index (χ2n) is 7.10. The molecule has 0 fully saturated rings. The van der Waals surface area contributed by atoms with E-state index in [1.165, 1.54) is 49.4 Å². The molecule has 0 aliphatic rings. The van der Waals surface area contributed by atoms with Crippen molar-refractivity contribution in [2.45, 2.75) is 27.7 Å². The van der Waals surface area contributed by atoms with Crippen LogP contribution in [0.25, 0.3) is 39.9 Å². The van der Waals surface area contributed by atoms with Gasteiger partial charge in [-0.3, -0.25) is 0 Å². The average molecular weight is 351 g/mol. The number of aromatic nitrogens is 1. The van der Waals surface area contributed by atoms with Crippen LogP contribution in [0.1, 0.15) is 25.0 Å². The van der Waals surface area contributed by atoms with Crippen LogP contribution in [-0.4, -0.2) is 4.57 Å². The molecule has 0 radical (unpaired) electrons. The number of nitrogens with zero attached hydrogens (tertiary/aromatic N) is 1. The number of benzene rings is 3. The topological polar surface area (TPSA) is 4.93 Å². The molecule has 1 heteroatoms. The lowest BCUT2D eigenvalue weighted by atomic mass is 9.97. The maximum atomic E-state index is 2.36. The molecule has 0 amide bonds. The maximum Gasteiger partial charge on any atom is 0.0541 e. The predicted molar refractivity (Wildman–Crippen MR) is 118 cm³/mol. The van der Waals surface area contributed by atoms with Gasteiger partial charge in [-0.05, 0) is 68.7 Å². The molecular formula is C26H25N. The average Bonchev–Trinajstić information content (AvgIpc) is 3.03. The molecule has 0 aliphatic carbocycles. The fourth-order valence-electron chi connectivity index (χ4n) is 3.99. The fraction of sp³-hybridized carbons (Fsp3) is 0.154. The number of hydrogen-bond donors (Lipinski definition) is 0. The molecule has 1 heterocycles. The van der Waals surface area contributed by atoms with Crippen molar-refractivity contribution < 1.29 is 0 Å². The quantitative estimate of drug-likeness (QED) is 0.448. The van der Waals surface area contributed by atoms with E-state index in [1.54, 1.807) is 0 Å². The summed E-state index contributed by atoms with van der Waals surface area (Å²) >= 11 is 0. The molecule has 134 valence electrons. The molecule has 4 aromatic rings. The van der Waals surface area contributed by atoms with E-state index in [0.717, 1.165) is 0 Å². The van der Waals surface area contributed by atoms with E-state index in [2.05, 4.69) is 111 Å². The smallest absolute Gasteiger partial charge is 0.0541 e. The van der Waals surface area contributed by atoms with Crippen LogP contribution in [0.15, 0.2) is 66.7 Å². The highest BCUT2D eigenvalue weighted by Gasteiger charge is 2.11. The maximum absolute atomic E-state index is 2.36. The first-order chi connectivity index (χ1) is 13.1. The van der Waals surface area contributed by atoms with E-state index in [1.807, 2.05) is 0 Å². The van der Waals surface area contributed by atoms with Gasteiger partial charge in [0, 0.05) is 21.6 Å². The first kappa shape index (κ1) is 17.4. The van der Waals surface area contributed by atoms with Gasteiger partial charge in [-0.2, -0.15) is 0 Å². The zero-order valence-corrected chi connectivity index (χ0v) is 16.5. The lowest BCUT2D eigenvalue weighted by Crippen LogP contribution is -2.27. The lowest BCUT2D eigenvalue weighted by Gasteiger charge is -2.09. The molecule has 3 aromatic carbocycles. The number of aryl methyl sites for hydroxylation is 2. The zero-order chi connectivity index (χ0) is 19.0. The number of para-hydroxylation sites is 1. The minimum absolute atomic E-state index is 1.20. The highest BCUT2D eigenvalue weighted by atomic mass is 15.0. The molecule has 0 spiro atoms. The monoisotopic (exact) mass is 351 g/mol. The number of hydrogen-bond acceptors (Lipinski definition) is 0. The Morgan fingerprint density at radius 2 is 1.56 bits per heavy atom. The molecule has 0 aliphatic heterocycles. The van der Waals surface area contributed by atoms with Crippen LogP contribution < -0.4 is 10.6 Å². The molecule has 0 N–H and O–H groups in total. The second kappa shape index (κ2) is 6.92. The van der Waals surface area contributed by atoms with Crippen molar-refractivity contribution in [1.29, 1.82) is 0 Å². The minimum Gasteiger partial charge on any atom is -0.310 e. The van der Waals surface area contributed by atoms with E-state index in [-0.39, 0.29) is 0 Å². The summed E-state index contributed by atoms with van der Waals surface area (Å²) in [7, 11) is 0. The molecule has 0 unspecified atom stereocenters. The highest BCUT2D eigenvalue weighted by Crippen LogP contribution is 2.27. The van der Waals surface area contributed by atoms with Gasteiger partial charge in [0.1, 0.15) is 0 Å². The van der Waals surface area contributed by atoms with Crippen molar-refractivity contribution in [3.63, 3.8) is 0 Å². The first-order valence-corrected chi connectivity index (χ1v) is 9.54. The van der Waals surface area contributed by atoms with Gasteiger partial charge in [0.15, 0.2) is 0 Å². The molecule has 0 saturated carbocycles. The van der Waals surface area contributed by atoms with Gasteiger partial charge in [0.2, 0.25) is 0 Å². The van der Waals surface area contributed by atoms with E-state index < -0.39 is 0 Å². The summed E-state index contributed by atoms with van der Waals surface area (Å²) in [6.45, 7) is 8.59. The molecule has 1 aromatic heterocycles. The van der Waals surface area contributed by atoms with Crippen LogP contribution in [0.2, 0.25) is 0 Å². The minimum atomic E-state index is 1.20. The van der Waals surface area contributed by atoms with Crippen LogP contribution in [-0.2, 0) is 0 Å². The van der Waals surface area contributed by atoms with Gasteiger partial charge in [-0.25, -0.2) is 0 Å². The third kappa shape index (κ3) is 2.90. The Labute approximate surface area is 160 Å². The van der Waals surface area contributed by atoms with E-state index in [9.17, 15) is 0 Å². The van der Waals surface area contributed by atoms with E-state index in [4.69, 9.17) is 0 Å². The third-order valence-corrected chi connectivity index (χ3v) is 5.33. The van der Waals surface area contributed by atoms with Crippen molar-refractivity contribution in [3.8, 4) is 16.8 Å². The van der Waals surface area contributed by atoms with Crippen molar-refractivity contribution in [3.05, 3.63) is 88.4 Å². The van der Waals surface area contributed by atoms with Crippen molar-refractivity contribution in [2.75, 3.05) is 0 Å². The normalized spacial score (nSPS) is 12.9. The highest BCUT2D eigenvalue weighted by molar-refractivity contribution is 5.89. The summed E-state index contributed by atoms with van der Waals surface area (Å²) in [5.41, 5.74) is 7.64. The Morgan fingerprint density at radius 3 is 2.26 bits per heavy atom. The second-order valence-corrected chi connectivity index (χ2v) is 7.10.